The third-order valence-corrected chi connectivity index (χ3v) is 3.53. The van der Waals surface area contributed by atoms with Crippen LogP contribution in [0.25, 0.3) is 11.4 Å². The number of piperidine rings is 1. The molecule has 0 aliphatic carbocycles. The molecule has 2 aromatic rings. The van der Waals surface area contributed by atoms with Gasteiger partial charge < -0.3 is 19.7 Å². The van der Waals surface area contributed by atoms with E-state index in [1.807, 2.05) is 24.3 Å². The number of rotatable bonds is 3. The fourth-order valence-corrected chi connectivity index (χ4v) is 2.42. The molecular formula is C14H17N3O3. The summed E-state index contributed by atoms with van der Waals surface area (Å²) < 4.78 is 10.5. The van der Waals surface area contributed by atoms with E-state index in [1.54, 1.807) is 7.11 Å². The van der Waals surface area contributed by atoms with Gasteiger partial charge in [-0.25, -0.2) is 0 Å². The van der Waals surface area contributed by atoms with Crippen LogP contribution in [0.2, 0.25) is 0 Å². The highest BCUT2D eigenvalue weighted by Gasteiger charge is 2.37. The summed E-state index contributed by atoms with van der Waals surface area (Å²) in [6.45, 7) is 1.33. The molecule has 1 saturated heterocycles. The highest BCUT2D eigenvalue weighted by atomic mass is 16.5. The van der Waals surface area contributed by atoms with Crippen LogP contribution >= 0.6 is 0 Å². The third kappa shape index (κ3) is 2.28. The van der Waals surface area contributed by atoms with Gasteiger partial charge in [0.25, 0.3) is 5.89 Å². The Morgan fingerprint density at radius 2 is 2.25 bits per heavy atom. The van der Waals surface area contributed by atoms with Crippen LogP contribution in [-0.2, 0) is 5.60 Å². The Hall–Kier alpha value is -1.92. The van der Waals surface area contributed by atoms with Gasteiger partial charge in [0.1, 0.15) is 5.75 Å². The van der Waals surface area contributed by atoms with E-state index in [1.165, 1.54) is 0 Å². The number of hydrogen-bond acceptors (Lipinski definition) is 6. The van der Waals surface area contributed by atoms with Crippen LogP contribution in [0.15, 0.2) is 28.8 Å². The maximum absolute atomic E-state index is 10.5. The molecule has 1 aliphatic heterocycles. The van der Waals surface area contributed by atoms with E-state index < -0.39 is 5.60 Å². The number of aromatic nitrogens is 2. The Bertz CT molecular complexity index is 591. The van der Waals surface area contributed by atoms with Crippen molar-refractivity contribution in [3.8, 4) is 17.1 Å². The standard InChI is InChI=1S/C14H17N3O3/c1-19-11-6-3-2-5-10(11)12-16-13(20-17-12)14(18)7-4-8-15-9-14/h2-3,5-6,15,18H,4,7-9H2,1H3. The Balaban J connectivity index is 1.94. The number of aliphatic hydroxyl groups is 1. The number of para-hydroxylation sites is 1. The van der Waals surface area contributed by atoms with Gasteiger partial charge in [0, 0.05) is 6.54 Å². The molecule has 0 bridgehead atoms. The molecule has 2 heterocycles. The summed E-state index contributed by atoms with van der Waals surface area (Å²) in [5, 5.41) is 17.6. The maximum Gasteiger partial charge on any atom is 0.260 e. The van der Waals surface area contributed by atoms with Crippen LogP contribution < -0.4 is 10.1 Å². The zero-order valence-electron chi connectivity index (χ0n) is 11.3. The number of methoxy groups -OCH3 is 1. The van der Waals surface area contributed by atoms with Gasteiger partial charge in [0.05, 0.1) is 12.7 Å². The summed E-state index contributed by atoms with van der Waals surface area (Å²) in [6, 6.07) is 7.45. The highest BCUT2D eigenvalue weighted by molar-refractivity contribution is 5.63. The van der Waals surface area contributed by atoms with Crippen LogP contribution in [0, 0.1) is 0 Å². The molecule has 1 aliphatic rings. The van der Waals surface area contributed by atoms with Gasteiger partial charge in [-0.15, -0.1) is 0 Å². The van der Waals surface area contributed by atoms with E-state index in [9.17, 15) is 5.11 Å². The highest BCUT2D eigenvalue weighted by Crippen LogP contribution is 2.31. The lowest BCUT2D eigenvalue weighted by molar-refractivity contribution is -0.0167. The van der Waals surface area contributed by atoms with Gasteiger partial charge in [0.2, 0.25) is 5.82 Å². The average molecular weight is 275 g/mol. The summed E-state index contributed by atoms with van der Waals surface area (Å²) in [5.74, 6) is 1.36. The molecule has 1 fully saturated rings. The van der Waals surface area contributed by atoms with Gasteiger partial charge >= 0.3 is 0 Å². The molecule has 106 valence electrons. The van der Waals surface area contributed by atoms with E-state index in [0.717, 1.165) is 18.5 Å². The third-order valence-electron chi connectivity index (χ3n) is 3.53. The maximum atomic E-state index is 10.5. The predicted molar refractivity (Wildman–Crippen MR) is 72.3 cm³/mol. The Morgan fingerprint density at radius 3 is 3.00 bits per heavy atom. The van der Waals surface area contributed by atoms with Crippen LogP contribution in [0.4, 0.5) is 0 Å². The zero-order valence-corrected chi connectivity index (χ0v) is 11.3. The molecule has 0 spiro atoms. The van der Waals surface area contributed by atoms with E-state index in [4.69, 9.17) is 9.26 Å². The van der Waals surface area contributed by atoms with Crippen molar-refractivity contribution in [1.29, 1.82) is 0 Å². The number of hydrogen-bond donors (Lipinski definition) is 2. The van der Waals surface area contributed by atoms with Crippen molar-refractivity contribution in [3.63, 3.8) is 0 Å². The fraction of sp³-hybridized carbons (Fsp3) is 0.429. The van der Waals surface area contributed by atoms with Crippen LogP contribution in [-0.4, -0.2) is 35.4 Å². The van der Waals surface area contributed by atoms with Crippen molar-refractivity contribution in [2.24, 2.45) is 0 Å². The van der Waals surface area contributed by atoms with Crippen LogP contribution in [0.1, 0.15) is 18.7 Å². The summed E-state index contributed by atoms with van der Waals surface area (Å²) >= 11 is 0. The lowest BCUT2D eigenvalue weighted by Crippen LogP contribution is -2.43. The lowest BCUT2D eigenvalue weighted by atomic mass is 9.94. The van der Waals surface area contributed by atoms with Crippen LogP contribution in [0.5, 0.6) is 5.75 Å². The summed E-state index contributed by atoms with van der Waals surface area (Å²) in [5.41, 5.74) is -0.330. The number of nitrogens with zero attached hydrogens (tertiary/aromatic N) is 2. The fourth-order valence-electron chi connectivity index (χ4n) is 2.42. The van der Waals surface area contributed by atoms with Gasteiger partial charge in [-0.3, -0.25) is 0 Å². The van der Waals surface area contributed by atoms with E-state index in [-0.39, 0.29) is 5.89 Å². The first-order valence-electron chi connectivity index (χ1n) is 6.64. The van der Waals surface area contributed by atoms with Crippen molar-refractivity contribution in [2.45, 2.75) is 18.4 Å². The van der Waals surface area contributed by atoms with Crippen LogP contribution in [0.3, 0.4) is 0 Å². The largest absolute Gasteiger partial charge is 0.496 e. The van der Waals surface area contributed by atoms with Crippen molar-refractivity contribution < 1.29 is 14.4 Å². The number of benzene rings is 1. The molecule has 1 aromatic carbocycles. The van der Waals surface area contributed by atoms with E-state index in [0.29, 0.717) is 24.5 Å². The van der Waals surface area contributed by atoms with Gasteiger partial charge in [-0.2, -0.15) is 4.98 Å². The minimum Gasteiger partial charge on any atom is -0.496 e. The van der Waals surface area contributed by atoms with E-state index >= 15 is 0 Å². The minimum absolute atomic E-state index is 0.255. The van der Waals surface area contributed by atoms with Crippen molar-refractivity contribution in [2.75, 3.05) is 20.2 Å². The van der Waals surface area contributed by atoms with Crippen molar-refractivity contribution in [3.05, 3.63) is 30.2 Å². The molecule has 1 atom stereocenters. The Morgan fingerprint density at radius 1 is 1.40 bits per heavy atom. The lowest BCUT2D eigenvalue weighted by Gasteiger charge is -2.28. The molecule has 1 aromatic heterocycles. The SMILES string of the molecule is COc1ccccc1-c1noc(C2(O)CCCNC2)n1. The van der Waals surface area contributed by atoms with Crippen molar-refractivity contribution >= 4 is 0 Å². The average Bonchev–Trinajstić information content (AvgIpc) is 2.98. The second-order valence-corrected chi connectivity index (χ2v) is 4.94. The molecular weight excluding hydrogens is 258 g/mol. The normalized spacial score (nSPS) is 22.7. The zero-order chi connectivity index (χ0) is 14.0. The number of ether oxygens (including phenoxy) is 1. The molecule has 6 nitrogen and oxygen atoms in total. The smallest absolute Gasteiger partial charge is 0.260 e. The Labute approximate surface area is 116 Å². The van der Waals surface area contributed by atoms with Gasteiger partial charge in [-0.05, 0) is 31.5 Å². The monoisotopic (exact) mass is 275 g/mol. The molecule has 0 radical (unpaired) electrons. The van der Waals surface area contributed by atoms with Gasteiger partial charge in [0.15, 0.2) is 5.60 Å². The van der Waals surface area contributed by atoms with E-state index in [2.05, 4.69) is 15.5 Å². The molecule has 0 saturated carbocycles. The predicted octanol–water partition coefficient (Wildman–Crippen LogP) is 1.32. The number of nitrogens with one attached hydrogen (secondary N) is 1. The second kappa shape index (κ2) is 5.22. The first-order valence-corrected chi connectivity index (χ1v) is 6.64. The summed E-state index contributed by atoms with van der Waals surface area (Å²) in [6.07, 6.45) is 1.50. The van der Waals surface area contributed by atoms with Crippen molar-refractivity contribution in [1.82, 2.24) is 15.5 Å². The molecule has 1 unspecified atom stereocenters. The first kappa shape index (κ1) is 13.1. The summed E-state index contributed by atoms with van der Waals surface area (Å²) in [7, 11) is 1.60. The molecule has 2 N–H and O–H groups in total. The second-order valence-electron chi connectivity index (χ2n) is 4.94. The first-order chi connectivity index (χ1) is 9.73. The quantitative estimate of drug-likeness (QED) is 0.879. The molecule has 6 heteroatoms. The molecule has 20 heavy (non-hydrogen) atoms. The topological polar surface area (TPSA) is 80.4 Å². The summed E-state index contributed by atoms with van der Waals surface area (Å²) in [4.78, 5) is 4.34. The van der Waals surface area contributed by atoms with Gasteiger partial charge in [-0.1, -0.05) is 17.3 Å². The minimum atomic E-state index is -1.08. The molecule has 0 amide bonds. The molecule has 3 rings (SSSR count). The Kier molecular flexibility index (Phi) is 3.42. The number of β-amino-alcohol motifs (C(OH)–C–C–N with tert-alkyl or cyclic N) is 1.